The fourth-order valence-corrected chi connectivity index (χ4v) is 4.88. The number of hydrogen-bond acceptors (Lipinski definition) is 4. The van der Waals surface area contributed by atoms with Gasteiger partial charge in [-0.05, 0) is 24.8 Å². The van der Waals surface area contributed by atoms with Gasteiger partial charge < -0.3 is 9.80 Å². The lowest BCUT2D eigenvalue weighted by Crippen LogP contribution is -2.35. The van der Waals surface area contributed by atoms with Crippen molar-refractivity contribution in [2.24, 2.45) is 0 Å². The molecule has 2 aliphatic rings. The molecule has 3 heterocycles. The molecule has 5 nitrogen and oxygen atoms in total. The van der Waals surface area contributed by atoms with E-state index in [1.165, 1.54) is 22.6 Å². The Hall–Kier alpha value is -2.21. The number of carbonyl (C=O) groups excluding carboxylic acids is 2. The molecule has 0 saturated carbocycles. The number of carbonyl (C=O) groups is 2. The molecule has 4 rings (SSSR count). The van der Waals surface area contributed by atoms with Crippen LogP contribution < -0.4 is 0 Å². The lowest BCUT2D eigenvalue weighted by molar-refractivity contribution is -0.130. The van der Waals surface area contributed by atoms with Gasteiger partial charge >= 0.3 is 0 Å². The average molecular weight is 384 g/mol. The Morgan fingerprint density at radius 3 is 2.44 bits per heavy atom. The molecule has 0 radical (unpaired) electrons. The number of hydrogen-bond donors (Lipinski definition) is 0. The van der Waals surface area contributed by atoms with Gasteiger partial charge in [0.05, 0.1) is 12.1 Å². The molecule has 0 N–H and O–H groups in total. The predicted molar refractivity (Wildman–Crippen MR) is 106 cm³/mol. The zero-order valence-corrected chi connectivity index (χ0v) is 16.3. The Morgan fingerprint density at radius 2 is 1.67 bits per heavy atom. The van der Waals surface area contributed by atoms with Crippen molar-refractivity contribution < 1.29 is 9.59 Å². The van der Waals surface area contributed by atoms with Crippen molar-refractivity contribution in [1.29, 1.82) is 0 Å². The SMILES string of the molecule is O=C(Cc1ccccc1)N1CCc2nc(C(=O)N3CCCCC3)sc2CC1. The number of nitrogens with zero attached hydrogens (tertiary/aromatic N) is 3. The van der Waals surface area contributed by atoms with E-state index in [0.717, 1.165) is 50.0 Å². The third-order valence-electron chi connectivity index (χ3n) is 5.38. The molecule has 2 aliphatic heterocycles. The molecule has 2 aromatic rings. The summed E-state index contributed by atoms with van der Waals surface area (Å²) < 4.78 is 0. The summed E-state index contributed by atoms with van der Waals surface area (Å²) in [4.78, 5) is 35.0. The van der Waals surface area contributed by atoms with Gasteiger partial charge in [-0.1, -0.05) is 30.3 Å². The maximum absolute atomic E-state index is 12.7. The Kier molecular flexibility index (Phi) is 5.53. The van der Waals surface area contributed by atoms with Gasteiger partial charge in [0.25, 0.3) is 5.91 Å². The van der Waals surface area contributed by atoms with E-state index in [1.54, 1.807) is 0 Å². The highest BCUT2D eigenvalue weighted by atomic mass is 32.1. The van der Waals surface area contributed by atoms with Gasteiger partial charge in [0.1, 0.15) is 0 Å². The molecular weight excluding hydrogens is 358 g/mol. The van der Waals surface area contributed by atoms with Crippen LogP contribution in [0.1, 0.15) is 45.2 Å². The zero-order chi connectivity index (χ0) is 18.6. The Bertz CT molecular complexity index is 787. The second-order valence-corrected chi connectivity index (χ2v) is 8.37. The van der Waals surface area contributed by atoms with E-state index >= 15 is 0 Å². The minimum absolute atomic E-state index is 0.0878. The number of piperidine rings is 1. The summed E-state index contributed by atoms with van der Waals surface area (Å²) in [6.07, 6.45) is 5.37. The Labute approximate surface area is 164 Å². The molecular formula is C21H25N3O2S. The van der Waals surface area contributed by atoms with Crippen LogP contribution in [0.15, 0.2) is 30.3 Å². The van der Waals surface area contributed by atoms with Crippen molar-refractivity contribution >= 4 is 23.2 Å². The summed E-state index contributed by atoms with van der Waals surface area (Å²) in [5.41, 5.74) is 2.06. The van der Waals surface area contributed by atoms with Gasteiger partial charge in [-0.15, -0.1) is 11.3 Å². The first-order valence-corrected chi connectivity index (χ1v) is 10.6. The van der Waals surface area contributed by atoms with E-state index in [2.05, 4.69) is 4.98 Å². The summed E-state index contributed by atoms with van der Waals surface area (Å²) >= 11 is 1.53. The van der Waals surface area contributed by atoms with Gasteiger partial charge in [0.15, 0.2) is 5.01 Å². The molecule has 142 valence electrons. The summed E-state index contributed by atoms with van der Waals surface area (Å²) in [7, 11) is 0. The number of thiazole rings is 1. The number of amides is 2. The van der Waals surface area contributed by atoms with Crippen LogP contribution in [0.4, 0.5) is 0 Å². The molecule has 1 saturated heterocycles. The van der Waals surface area contributed by atoms with Crippen molar-refractivity contribution in [2.75, 3.05) is 26.2 Å². The first-order valence-electron chi connectivity index (χ1n) is 9.80. The fourth-order valence-electron chi connectivity index (χ4n) is 3.82. The van der Waals surface area contributed by atoms with Crippen molar-refractivity contribution in [2.45, 2.75) is 38.5 Å². The second-order valence-electron chi connectivity index (χ2n) is 7.28. The monoisotopic (exact) mass is 383 g/mol. The molecule has 1 aromatic heterocycles. The quantitative estimate of drug-likeness (QED) is 0.819. The van der Waals surface area contributed by atoms with Gasteiger partial charge in [0, 0.05) is 43.9 Å². The number of benzene rings is 1. The largest absolute Gasteiger partial charge is 0.342 e. The van der Waals surface area contributed by atoms with Gasteiger partial charge in [-0.3, -0.25) is 9.59 Å². The van der Waals surface area contributed by atoms with Gasteiger partial charge in [-0.25, -0.2) is 4.98 Å². The number of fused-ring (bicyclic) bond motifs is 1. The smallest absolute Gasteiger partial charge is 0.282 e. The van der Waals surface area contributed by atoms with Crippen molar-refractivity contribution in [1.82, 2.24) is 14.8 Å². The molecule has 2 amide bonds. The highest BCUT2D eigenvalue weighted by Gasteiger charge is 2.26. The van der Waals surface area contributed by atoms with Gasteiger partial charge in [-0.2, -0.15) is 0 Å². The van der Waals surface area contributed by atoms with E-state index in [9.17, 15) is 9.59 Å². The van der Waals surface area contributed by atoms with Crippen molar-refractivity contribution in [3.8, 4) is 0 Å². The molecule has 0 aliphatic carbocycles. The highest BCUT2D eigenvalue weighted by molar-refractivity contribution is 7.13. The van der Waals surface area contributed by atoms with Crippen LogP contribution in [-0.2, 0) is 24.1 Å². The van der Waals surface area contributed by atoms with Crippen LogP contribution in [0, 0.1) is 0 Å². The molecule has 0 atom stereocenters. The second kappa shape index (κ2) is 8.21. The summed E-state index contributed by atoms with van der Waals surface area (Å²) in [5, 5.41) is 0.631. The third-order valence-corrected chi connectivity index (χ3v) is 6.53. The topological polar surface area (TPSA) is 53.5 Å². The number of likely N-dealkylation sites (tertiary alicyclic amines) is 1. The molecule has 0 bridgehead atoms. The number of rotatable bonds is 3. The van der Waals surface area contributed by atoms with E-state index in [1.807, 2.05) is 40.1 Å². The first-order chi connectivity index (χ1) is 13.2. The van der Waals surface area contributed by atoms with E-state index in [0.29, 0.717) is 24.5 Å². The fraction of sp³-hybridized carbons (Fsp3) is 0.476. The summed E-state index contributed by atoms with van der Waals surface area (Å²) in [6, 6.07) is 9.88. The molecule has 0 unspecified atom stereocenters. The van der Waals surface area contributed by atoms with Crippen LogP contribution in [0.3, 0.4) is 0 Å². The Balaban J connectivity index is 1.38. The lowest BCUT2D eigenvalue weighted by Gasteiger charge is -2.25. The summed E-state index contributed by atoms with van der Waals surface area (Å²) in [6.45, 7) is 3.09. The standard InChI is InChI=1S/C21H25N3O2S/c25-19(15-16-7-3-1-4-8-16)23-13-9-17-18(10-14-23)27-20(22-17)21(26)24-11-5-2-6-12-24/h1,3-4,7-8H,2,5-6,9-15H2. The minimum Gasteiger partial charge on any atom is -0.342 e. The molecule has 27 heavy (non-hydrogen) atoms. The van der Waals surface area contributed by atoms with Crippen LogP contribution in [0.2, 0.25) is 0 Å². The van der Waals surface area contributed by atoms with Crippen molar-refractivity contribution in [3.63, 3.8) is 0 Å². The minimum atomic E-state index is 0.0878. The maximum atomic E-state index is 12.7. The first kappa shape index (κ1) is 18.2. The summed E-state index contributed by atoms with van der Waals surface area (Å²) in [5.74, 6) is 0.255. The van der Waals surface area contributed by atoms with Crippen molar-refractivity contribution in [3.05, 3.63) is 51.5 Å². The molecule has 6 heteroatoms. The van der Waals surface area contributed by atoms with E-state index in [4.69, 9.17) is 0 Å². The van der Waals surface area contributed by atoms with Crippen LogP contribution >= 0.6 is 11.3 Å². The lowest BCUT2D eigenvalue weighted by atomic mass is 10.1. The normalized spacial score (nSPS) is 17.3. The maximum Gasteiger partial charge on any atom is 0.282 e. The van der Waals surface area contributed by atoms with Crippen LogP contribution in [-0.4, -0.2) is 52.8 Å². The molecule has 1 fully saturated rings. The van der Waals surface area contributed by atoms with E-state index < -0.39 is 0 Å². The highest BCUT2D eigenvalue weighted by Crippen LogP contribution is 2.25. The zero-order valence-electron chi connectivity index (χ0n) is 15.5. The average Bonchev–Trinajstić information content (AvgIpc) is 3.01. The van der Waals surface area contributed by atoms with Gasteiger partial charge in [0.2, 0.25) is 5.91 Å². The molecule has 0 spiro atoms. The number of aromatic nitrogens is 1. The predicted octanol–water partition coefficient (Wildman–Crippen LogP) is 2.94. The molecule has 1 aromatic carbocycles. The third kappa shape index (κ3) is 4.21. The van der Waals surface area contributed by atoms with Crippen LogP contribution in [0.5, 0.6) is 0 Å². The van der Waals surface area contributed by atoms with Crippen LogP contribution in [0.25, 0.3) is 0 Å². The van der Waals surface area contributed by atoms with E-state index in [-0.39, 0.29) is 11.8 Å². The Morgan fingerprint density at radius 1 is 0.926 bits per heavy atom.